The molecule has 12 heteroatoms. The quantitative estimate of drug-likeness (QED) is 0.467. The Balaban J connectivity index is 1.60. The fourth-order valence-electron chi connectivity index (χ4n) is 5.06. The zero-order chi connectivity index (χ0) is 26.6. The normalized spacial score (nSPS) is 19.7. The molecule has 4 rings (SSSR count). The Bertz CT molecular complexity index is 1210. The minimum absolute atomic E-state index is 0.0474. The van der Waals surface area contributed by atoms with Crippen LogP contribution in [-0.2, 0) is 24.4 Å². The summed E-state index contributed by atoms with van der Waals surface area (Å²) in [6.45, 7) is -0.0139. The van der Waals surface area contributed by atoms with Gasteiger partial charge in [0.15, 0.2) is 6.17 Å². The summed E-state index contributed by atoms with van der Waals surface area (Å²) in [5.41, 5.74) is 0.349. The number of thiophene rings is 1. The van der Waals surface area contributed by atoms with Crippen molar-refractivity contribution in [2.45, 2.75) is 61.4 Å². The number of sulfonamides is 1. The number of carbonyl (C=O) groups excluding carboxylic acids is 2. The number of hydrogen-bond donors (Lipinski definition) is 2. The van der Waals surface area contributed by atoms with Crippen LogP contribution in [0.5, 0.6) is 0 Å². The minimum Gasteiger partial charge on any atom is -0.481 e. The van der Waals surface area contributed by atoms with Gasteiger partial charge in [-0.05, 0) is 41.5 Å². The van der Waals surface area contributed by atoms with E-state index in [2.05, 4.69) is 5.32 Å². The Morgan fingerprint density at radius 1 is 1.11 bits per heavy atom. The molecule has 37 heavy (non-hydrogen) atoms. The molecule has 2 atom stereocenters. The fourth-order valence-corrected chi connectivity index (χ4v) is 7.72. The monoisotopic (exact) mass is 551 g/mol. The highest BCUT2D eigenvalue weighted by atomic mass is 32.2. The Labute approximate surface area is 219 Å². The molecule has 2 unspecified atom stereocenters. The van der Waals surface area contributed by atoms with Crippen LogP contribution in [0.3, 0.4) is 0 Å². The van der Waals surface area contributed by atoms with Gasteiger partial charge in [-0.25, -0.2) is 12.8 Å². The van der Waals surface area contributed by atoms with Crippen molar-refractivity contribution in [2.24, 2.45) is 5.92 Å². The van der Waals surface area contributed by atoms with Gasteiger partial charge in [-0.15, -0.1) is 11.3 Å². The molecular formula is C25H30FN3O6S2. The molecular weight excluding hydrogens is 521 g/mol. The molecule has 2 aliphatic rings. The van der Waals surface area contributed by atoms with Crippen molar-refractivity contribution in [1.82, 2.24) is 14.5 Å². The third-order valence-corrected chi connectivity index (χ3v) is 10.2. The topological polar surface area (TPSA) is 124 Å². The van der Waals surface area contributed by atoms with Crippen molar-refractivity contribution >= 4 is 39.1 Å². The molecule has 1 aromatic heterocycles. The van der Waals surface area contributed by atoms with Crippen molar-refractivity contribution in [1.29, 1.82) is 0 Å². The number of carboxylic acid groups (broad SMARTS) is 1. The SMILES string of the molecule is O=C(O)CC(NC(=O)C1N(C(=O)CCC2CCCC2)CCN1S(=O)(=O)c1cccs1)c1ccc(F)cc1. The summed E-state index contributed by atoms with van der Waals surface area (Å²) in [5, 5.41) is 13.6. The molecule has 2 aromatic rings. The number of carbonyl (C=O) groups is 3. The number of rotatable bonds is 10. The summed E-state index contributed by atoms with van der Waals surface area (Å²) in [6.07, 6.45) is 3.31. The van der Waals surface area contributed by atoms with E-state index < -0.39 is 46.3 Å². The van der Waals surface area contributed by atoms with Crippen LogP contribution in [0.2, 0.25) is 0 Å². The molecule has 0 bridgehead atoms. The van der Waals surface area contributed by atoms with Gasteiger partial charge in [-0.2, -0.15) is 4.31 Å². The molecule has 1 aliphatic heterocycles. The van der Waals surface area contributed by atoms with Crippen LogP contribution in [0.15, 0.2) is 46.0 Å². The predicted octanol–water partition coefficient (Wildman–Crippen LogP) is 3.35. The van der Waals surface area contributed by atoms with Gasteiger partial charge in [0.2, 0.25) is 5.91 Å². The first kappa shape index (κ1) is 27.2. The van der Waals surface area contributed by atoms with Crippen molar-refractivity contribution in [3.8, 4) is 0 Å². The van der Waals surface area contributed by atoms with Crippen LogP contribution < -0.4 is 5.32 Å². The van der Waals surface area contributed by atoms with E-state index in [4.69, 9.17) is 0 Å². The molecule has 0 spiro atoms. The summed E-state index contributed by atoms with van der Waals surface area (Å²) in [7, 11) is -4.08. The van der Waals surface area contributed by atoms with Crippen LogP contribution in [0, 0.1) is 11.7 Å². The second-order valence-electron chi connectivity index (χ2n) is 9.41. The highest BCUT2D eigenvalue weighted by molar-refractivity contribution is 7.91. The lowest BCUT2D eigenvalue weighted by Crippen LogP contribution is -2.54. The molecule has 2 fully saturated rings. The second kappa shape index (κ2) is 11.7. The number of aliphatic carboxylic acids is 1. The number of carboxylic acids is 1. The molecule has 1 saturated carbocycles. The van der Waals surface area contributed by atoms with E-state index in [-0.39, 0.29) is 29.6 Å². The third kappa shape index (κ3) is 6.36. The highest BCUT2D eigenvalue weighted by Crippen LogP contribution is 2.31. The Hall–Kier alpha value is -2.83. The van der Waals surface area contributed by atoms with Crippen LogP contribution in [0.4, 0.5) is 4.39 Å². The first-order valence-corrected chi connectivity index (χ1v) is 14.6. The van der Waals surface area contributed by atoms with E-state index in [1.54, 1.807) is 11.4 Å². The molecule has 1 aliphatic carbocycles. The Morgan fingerprint density at radius 2 is 1.81 bits per heavy atom. The molecule has 1 aromatic carbocycles. The van der Waals surface area contributed by atoms with E-state index in [1.165, 1.54) is 23.1 Å². The standard InChI is InChI=1S/C25H30FN3O6S2/c26-19-10-8-18(9-11-19)20(16-22(31)32)27-24(33)25-28(21(30)12-7-17-4-1-2-5-17)13-14-29(25)37(34,35)23-6-3-15-36-23/h3,6,8-11,15,17,20,25H,1-2,4-5,7,12-14,16H2,(H,27,33)(H,31,32). The zero-order valence-corrected chi connectivity index (χ0v) is 21.8. The van der Waals surface area contributed by atoms with Gasteiger partial charge < -0.3 is 15.3 Å². The van der Waals surface area contributed by atoms with Crippen molar-refractivity contribution in [3.05, 3.63) is 53.2 Å². The predicted molar refractivity (Wildman–Crippen MR) is 134 cm³/mol. The summed E-state index contributed by atoms with van der Waals surface area (Å²) in [6, 6.07) is 7.01. The lowest BCUT2D eigenvalue weighted by atomic mass is 10.0. The summed E-state index contributed by atoms with van der Waals surface area (Å²) >= 11 is 1.01. The Morgan fingerprint density at radius 3 is 2.43 bits per heavy atom. The smallest absolute Gasteiger partial charge is 0.305 e. The van der Waals surface area contributed by atoms with Crippen molar-refractivity contribution in [3.63, 3.8) is 0 Å². The lowest BCUT2D eigenvalue weighted by Gasteiger charge is -2.30. The number of amides is 2. The van der Waals surface area contributed by atoms with Gasteiger partial charge >= 0.3 is 5.97 Å². The average Bonchev–Trinajstić information content (AvgIpc) is 3.64. The van der Waals surface area contributed by atoms with E-state index in [9.17, 15) is 32.3 Å². The molecule has 0 radical (unpaired) electrons. The number of nitrogens with zero attached hydrogens (tertiary/aromatic N) is 2. The number of nitrogens with one attached hydrogen (secondary N) is 1. The molecule has 200 valence electrons. The third-order valence-electron chi connectivity index (χ3n) is 6.95. The zero-order valence-electron chi connectivity index (χ0n) is 20.2. The minimum atomic E-state index is -4.08. The number of halogens is 1. The first-order chi connectivity index (χ1) is 17.7. The maximum absolute atomic E-state index is 13.6. The van der Waals surface area contributed by atoms with Crippen LogP contribution >= 0.6 is 11.3 Å². The van der Waals surface area contributed by atoms with Crippen LogP contribution in [0.1, 0.15) is 56.6 Å². The van der Waals surface area contributed by atoms with Crippen LogP contribution in [-0.4, -0.2) is 59.8 Å². The van der Waals surface area contributed by atoms with E-state index in [1.807, 2.05) is 0 Å². The van der Waals surface area contributed by atoms with Crippen molar-refractivity contribution < 1.29 is 32.3 Å². The summed E-state index contributed by atoms with van der Waals surface area (Å²) in [4.78, 5) is 39.6. The maximum atomic E-state index is 13.6. The lowest BCUT2D eigenvalue weighted by molar-refractivity contribution is -0.142. The Kier molecular flexibility index (Phi) is 8.60. The second-order valence-corrected chi connectivity index (χ2v) is 12.5. The van der Waals surface area contributed by atoms with E-state index in [0.717, 1.165) is 53.5 Å². The maximum Gasteiger partial charge on any atom is 0.305 e. The molecule has 2 amide bonds. The van der Waals surface area contributed by atoms with E-state index in [0.29, 0.717) is 17.9 Å². The first-order valence-electron chi connectivity index (χ1n) is 12.3. The largest absolute Gasteiger partial charge is 0.481 e. The van der Waals surface area contributed by atoms with Crippen molar-refractivity contribution in [2.75, 3.05) is 13.1 Å². The highest BCUT2D eigenvalue weighted by Gasteiger charge is 2.47. The van der Waals surface area contributed by atoms with Gasteiger partial charge in [0.1, 0.15) is 10.0 Å². The fraction of sp³-hybridized carbons (Fsp3) is 0.480. The van der Waals surface area contributed by atoms with Crippen LogP contribution in [0.25, 0.3) is 0 Å². The number of benzene rings is 1. The average molecular weight is 552 g/mol. The number of hydrogen-bond acceptors (Lipinski definition) is 6. The molecule has 2 N–H and O–H groups in total. The molecule has 1 saturated heterocycles. The van der Waals surface area contributed by atoms with Gasteiger partial charge in [0.25, 0.3) is 15.9 Å². The van der Waals surface area contributed by atoms with Gasteiger partial charge in [-0.1, -0.05) is 43.9 Å². The van der Waals surface area contributed by atoms with Gasteiger partial charge in [0.05, 0.1) is 12.5 Å². The molecule has 2 heterocycles. The summed E-state index contributed by atoms with van der Waals surface area (Å²) < 4.78 is 41.3. The van der Waals surface area contributed by atoms with Gasteiger partial charge in [-0.3, -0.25) is 14.4 Å². The van der Waals surface area contributed by atoms with E-state index >= 15 is 0 Å². The molecule has 9 nitrogen and oxygen atoms in total. The van der Waals surface area contributed by atoms with Gasteiger partial charge in [0, 0.05) is 19.5 Å². The summed E-state index contributed by atoms with van der Waals surface area (Å²) in [5.74, 6) is -2.39.